The van der Waals surface area contributed by atoms with Gasteiger partial charge in [0.1, 0.15) is 23.9 Å². The Balaban J connectivity index is 1.42. The van der Waals surface area contributed by atoms with Crippen LogP contribution in [0.1, 0.15) is 29.6 Å². The van der Waals surface area contributed by atoms with Crippen molar-refractivity contribution < 1.29 is 23.9 Å². The van der Waals surface area contributed by atoms with Gasteiger partial charge in [-0.1, -0.05) is 6.07 Å². The first-order valence-corrected chi connectivity index (χ1v) is 12.4. The number of methoxy groups -OCH3 is 1. The summed E-state index contributed by atoms with van der Waals surface area (Å²) in [5.74, 6) is 1.07. The van der Waals surface area contributed by atoms with Crippen LogP contribution >= 0.6 is 0 Å². The molecule has 2 N–H and O–H groups in total. The summed E-state index contributed by atoms with van der Waals surface area (Å²) in [6.07, 6.45) is 3.92. The Bertz CT molecular complexity index is 1060. The van der Waals surface area contributed by atoms with Gasteiger partial charge in [0, 0.05) is 38.4 Å². The molecular formula is C26H33N5O5. The van der Waals surface area contributed by atoms with E-state index in [-0.39, 0.29) is 43.3 Å². The van der Waals surface area contributed by atoms with Crippen molar-refractivity contribution in [3.05, 3.63) is 48.2 Å². The van der Waals surface area contributed by atoms with Gasteiger partial charge in [-0.25, -0.2) is 4.98 Å². The van der Waals surface area contributed by atoms with E-state index >= 15 is 0 Å². The number of rotatable bonds is 3. The minimum atomic E-state index is -0.259. The normalized spacial score (nSPS) is 19.8. The number of nitrogens with zero attached hydrogens (tertiary/aromatic N) is 3. The van der Waals surface area contributed by atoms with Crippen molar-refractivity contribution in [2.75, 3.05) is 57.9 Å². The van der Waals surface area contributed by atoms with Crippen LogP contribution in [-0.4, -0.2) is 80.6 Å². The highest BCUT2D eigenvalue weighted by molar-refractivity contribution is 5.97. The minimum absolute atomic E-state index is 0.0305. The Morgan fingerprint density at radius 2 is 2.00 bits per heavy atom. The van der Waals surface area contributed by atoms with Gasteiger partial charge in [0.15, 0.2) is 0 Å². The predicted octanol–water partition coefficient (Wildman–Crippen LogP) is 1.46. The zero-order valence-corrected chi connectivity index (χ0v) is 20.6. The van der Waals surface area contributed by atoms with E-state index in [0.29, 0.717) is 43.1 Å². The first-order valence-electron chi connectivity index (χ1n) is 12.4. The molecule has 10 heteroatoms. The van der Waals surface area contributed by atoms with Crippen molar-refractivity contribution in [2.45, 2.75) is 19.3 Å². The quantitative estimate of drug-likeness (QED) is 0.663. The second-order valence-electron chi connectivity index (χ2n) is 8.90. The third kappa shape index (κ3) is 6.44. The second-order valence-corrected chi connectivity index (χ2v) is 8.90. The fourth-order valence-corrected chi connectivity index (χ4v) is 4.54. The van der Waals surface area contributed by atoms with E-state index < -0.39 is 0 Å². The Morgan fingerprint density at radius 3 is 2.81 bits per heavy atom. The smallest absolute Gasteiger partial charge is 0.255 e. The Labute approximate surface area is 211 Å². The third-order valence-electron chi connectivity index (χ3n) is 6.40. The highest BCUT2D eigenvalue weighted by atomic mass is 16.5. The van der Waals surface area contributed by atoms with Crippen molar-refractivity contribution in [3.63, 3.8) is 0 Å². The molecular weight excluding hydrogens is 462 g/mol. The monoisotopic (exact) mass is 495 g/mol. The van der Waals surface area contributed by atoms with Gasteiger partial charge in [-0.15, -0.1) is 0 Å². The second kappa shape index (κ2) is 12.2. The van der Waals surface area contributed by atoms with E-state index in [4.69, 9.17) is 9.47 Å². The molecule has 0 saturated carbocycles. The van der Waals surface area contributed by atoms with Crippen molar-refractivity contribution in [1.29, 1.82) is 0 Å². The lowest BCUT2D eigenvalue weighted by molar-refractivity contribution is -0.139. The summed E-state index contributed by atoms with van der Waals surface area (Å²) in [6.45, 7) is 2.54. The van der Waals surface area contributed by atoms with E-state index in [2.05, 4.69) is 20.5 Å². The number of aromatic nitrogens is 1. The topological polar surface area (TPSA) is 113 Å². The Kier molecular flexibility index (Phi) is 8.59. The summed E-state index contributed by atoms with van der Waals surface area (Å²) in [4.78, 5) is 47.1. The molecule has 0 bridgehead atoms. The number of carbonyl (C=O) groups excluding carboxylic acids is 3. The number of fused-ring (bicyclic) bond motifs is 1. The van der Waals surface area contributed by atoms with Gasteiger partial charge in [-0.2, -0.15) is 0 Å². The molecule has 2 aromatic rings. The number of hydrogen-bond donors (Lipinski definition) is 2. The van der Waals surface area contributed by atoms with Crippen molar-refractivity contribution >= 4 is 23.5 Å². The van der Waals surface area contributed by atoms with Crippen LogP contribution in [0.25, 0.3) is 0 Å². The van der Waals surface area contributed by atoms with Crippen LogP contribution in [0.2, 0.25) is 0 Å². The van der Waals surface area contributed by atoms with Crippen LogP contribution in [0.5, 0.6) is 11.5 Å². The number of benzene rings is 1. The lowest BCUT2D eigenvalue weighted by Crippen LogP contribution is -2.49. The van der Waals surface area contributed by atoms with Gasteiger partial charge in [-0.05, 0) is 43.5 Å². The SMILES string of the molecule is COc1ccc2c(c1)OCCNC(=O)CN(C(=O)C1CCCN(c3ccccn3)C1)CCCNC2=O. The van der Waals surface area contributed by atoms with Crippen molar-refractivity contribution in [1.82, 2.24) is 20.5 Å². The average Bonchev–Trinajstić information content (AvgIpc) is 2.92. The van der Waals surface area contributed by atoms with Crippen LogP contribution in [0, 0.1) is 5.92 Å². The summed E-state index contributed by atoms with van der Waals surface area (Å²) in [5.41, 5.74) is 0.393. The van der Waals surface area contributed by atoms with E-state index in [0.717, 1.165) is 25.2 Å². The van der Waals surface area contributed by atoms with Crippen LogP contribution in [0.3, 0.4) is 0 Å². The number of pyridine rings is 1. The molecule has 192 valence electrons. The summed E-state index contributed by atoms with van der Waals surface area (Å²) in [7, 11) is 1.54. The molecule has 2 aliphatic heterocycles. The number of anilines is 1. The maximum atomic E-state index is 13.5. The molecule has 1 unspecified atom stereocenters. The van der Waals surface area contributed by atoms with Gasteiger partial charge in [0.2, 0.25) is 11.8 Å². The lowest BCUT2D eigenvalue weighted by Gasteiger charge is -2.35. The highest BCUT2D eigenvalue weighted by Crippen LogP contribution is 2.25. The Morgan fingerprint density at radius 1 is 1.11 bits per heavy atom. The third-order valence-corrected chi connectivity index (χ3v) is 6.40. The van der Waals surface area contributed by atoms with Crippen molar-refractivity contribution in [3.8, 4) is 11.5 Å². The number of nitrogens with one attached hydrogen (secondary N) is 2. The summed E-state index contributed by atoms with van der Waals surface area (Å²) in [6, 6.07) is 10.8. The van der Waals surface area contributed by atoms with Gasteiger partial charge in [0.25, 0.3) is 5.91 Å². The molecule has 10 nitrogen and oxygen atoms in total. The molecule has 1 fully saturated rings. The first kappa shape index (κ1) is 25.3. The number of piperidine rings is 1. The van der Waals surface area contributed by atoms with Gasteiger partial charge in [0.05, 0.1) is 31.7 Å². The molecule has 3 heterocycles. The van der Waals surface area contributed by atoms with E-state index in [9.17, 15) is 14.4 Å². The molecule has 1 saturated heterocycles. The molecule has 0 spiro atoms. The lowest BCUT2D eigenvalue weighted by atomic mass is 9.96. The molecule has 4 rings (SSSR count). The zero-order chi connectivity index (χ0) is 25.3. The van der Waals surface area contributed by atoms with Crippen LogP contribution in [0.15, 0.2) is 42.6 Å². The minimum Gasteiger partial charge on any atom is -0.497 e. The standard InChI is InChI=1S/C26H33N5O5/c1-35-20-8-9-21-22(16-20)36-15-12-28-24(32)18-31(14-5-11-29-25(21)33)26(34)19-6-4-13-30(17-19)23-7-2-3-10-27-23/h2-3,7-10,16,19H,4-6,11-15,17-18H2,1H3,(H,28,32)(H,29,33). The maximum absolute atomic E-state index is 13.5. The molecule has 1 aromatic carbocycles. The molecule has 3 amide bonds. The van der Waals surface area contributed by atoms with Crippen LogP contribution in [-0.2, 0) is 9.59 Å². The van der Waals surface area contributed by atoms with Gasteiger partial charge in [-0.3, -0.25) is 14.4 Å². The maximum Gasteiger partial charge on any atom is 0.255 e. The van der Waals surface area contributed by atoms with Gasteiger partial charge >= 0.3 is 0 Å². The Hall–Kier alpha value is -3.82. The van der Waals surface area contributed by atoms with E-state index in [1.165, 1.54) is 0 Å². The van der Waals surface area contributed by atoms with Gasteiger partial charge < -0.3 is 29.9 Å². The molecule has 1 atom stereocenters. The fourth-order valence-electron chi connectivity index (χ4n) is 4.54. The number of hydrogen-bond acceptors (Lipinski definition) is 7. The first-order chi connectivity index (χ1) is 17.5. The molecule has 0 aliphatic carbocycles. The van der Waals surface area contributed by atoms with Crippen LogP contribution in [0.4, 0.5) is 5.82 Å². The number of carbonyl (C=O) groups is 3. The fraction of sp³-hybridized carbons (Fsp3) is 0.462. The molecule has 1 aromatic heterocycles. The molecule has 36 heavy (non-hydrogen) atoms. The largest absolute Gasteiger partial charge is 0.497 e. The van der Waals surface area contributed by atoms with Crippen molar-refractivity contribution in [2.24, 2.45) is 5.92 Å². The summed E-state index contributed by atoms with van der Waals surface area (Å²) >= 11 is 0. The summed E-state index contributed by atoms with van der Waals surface area (Å²) in [5, 5.41) is 5.71. The predicted molar refractivity (Wildman–Crippen MR) is 134 cm³/mol. The van der Waals surface area contributed by atoms with E-state index in [1.54, 1.807) is 36.4 Å². The highest BCUT2D eigenvalue weighted by Gasteiger charge is 2.30. The van der Waals surface area contributed by atoms with Crippen LogP contribution < -0.4 is 25.0 Å². The number of amides is 3. The van der Waals surface area contributed by atoms with E-state index in [1.807, 2.05) is 18.2 Å². The number of ether oxygens (including phenoxy) is 2. The summed E-state index contributed by atoms with van der Waals surface area (Å²) < 4.78 is 11.0. The average molecular weight is 496 g/mol. The zero-order valence-electron chi connectivity index (χ0n) is 20.6. The molecule has 2 aliphatic rings. The molecule has 0 radical (unpaired) electrons.